The van der Waals surface area contributed by atoms with Crippen molar-refractivity contribution >= 4 is 23.2 Å². The Labute approximate surface area is 125 Å². The Kier molecular flexibility index (Phi) is 4.43. The normalized spacial score (nSPS) is 10.5. The molecule has 0 aromatic heterocycles. The van der Waals surface area contributed by atoms with E-state index in [-0.39, 0.29) is 28.4 Å². The molecule has 0 radical (unpaired) electrons. The Bertz CT molecular complexity index is 671. The summed E-state index contributed by atoms with van der Waals surface area (Å²) in [7, 11) is 1.45. The lowest BCUT2D eigenvalue weighted by molar-refractivity contribution is 0.0779. The zero-order valence-electron chi connectivity index (χ0n) is 11.2. The summed E-state index contributed by atoms with van der Waals surface area (Å²) < 4.78 is 27.4. The molecule has 110 valence electrons. The Morgan fingerprint density at radius 2 is 1.95 bits per heavy atom. The van der Waals surface area contributed by atoms with Gasteiger partial charge < -0.3 is 10.6 Å². The second-order valence-corrected chi connectivity index (χ2v) is 5.01. The topological polar surface area (TPSA) is 46.3 Å². The number of amides is 1. The zero-order valence-corrected chi connectivity index (χ0v) is 12.0. The number of nitrogens with zero attached hydrogens (tertiary/aromatic N) is 1. The maximum Gasteiger partial charge on any atom is 0.256 e. The minimum absolute atomic E-state index is 0.0614. The second kappa shape index (κ2) is 6.10. The first-order chi connectivity index (χ1) is 9.90. The van der Waals surface area contributed by atoms with Crippen molar-refractivity contribution in [2.24, 2.45) is 0 Å². The molecule has 0 atom stereocenters. The molecule has 0 aliphatic carbocycles. The lowest BCUT2D eigenvalue weighted by Gasteiger charge is -2.19. The van der Waals surface area contributed by atoms with Gasteiger partial charge in [-0.25, -0.2) is 8.78 Å². The van der Waals surface area contributed by atoms with Crippen LogP contribution >= 0.6 is 11.6 Å². The minimum Gasteiger partial charge on any atom is -0.399 e. The molecule has 0 bridgehead atoms. The number of hydrogen-bond donors (Lipinski definition) is 1. The van der Waals surface area contributed by atoms with Gasteiger partial charge in [-0.1, -0.05) is 17.7 Å². The molecule has 0 aliphatic heterocycles. The van der Waals surface area contributed by atoms with Crippen LogP contribution in [0.15, 0.2) is 36.4 Å². The van der Waals surface area contributed by atoms with Crippen molar-refractivity contribution in [2.75, 3.05) is 12.8 Å². The van der Waals surface area contributed by atoms with E-state index in [1.807, 2.05) is 0 Å². The maximum absolute atomic E-state index is 13.7. The lowest BCUT2D eigenvalue weighted by Crippen LogP contribution is -2.27. The molecule has 0 heterocycles. The highest BCUT2D eigenvalue weighted by molar-refractivity contribution is 6.31. The van der Waals surface area contributed by atoms with Crippen molar-refractivity contribution < 1.29 is 13.6 Å². The summed E-state index contributed by atoms with van der Waals surface area (Å²) in [5.41, 5.74) is 5.72. The first-order valence-electron chi connectivity index (χ1n) is 6.13. The monoisotopic (exact) mass is 310 g/mol. The van der Waals surface area contributed by atoms with E-state index >= 15 is 0 Å². The molecule has 21 heavy (non-hydrogen) atoms. The molecule has 3 nitrogen and oxygen atoms in total. The fourth-order valence-corrected chi connectivity index (χ4v) is 2.13. The van der Waals surface area contributed by atoms with Gasteiger partial charge in [0, 0.05) is 29.9 Å². The van der Waals surface area contributed by atoms with E-state index in [9.17, 15) is 13.6 Å². The Morgan fingerprint density at radius 3 is 2.57 bits per heavy atom. The standard InChI is InChI=1S/C15H13ClF2N2O/c1-20(8-11-12(16)3-2-4-13(11)17)15(21)10-6-5-9(19)7-14(10)18/h2-7H,8,19H2,1H3. The van der Waals surface area contributed by atoms with Crippen LogP contribution in [-0.4, -0.2) is 17.9 Å². The lowest BCUT2D eigenvalue weighted by atomic mass is 10.1. The SMILES string of the molecule is CN(Cc1c(F)cccc1Cl)C(=O)c1ccc(N)cc1F. The number of anilines is 1. The van der Waals surface area contributed by atoms with E-state index in [2.05, 4.69) is 0 Å². The zero-order chi connectivity index (χ0) is 15.6. The van der Waals surface area contributed by atoms with E-state index in [0.29, 0.717) is 0 Å². The third-order valence-electron chi connectivity index (χ3n) is 3.03. The third kappa shape index (κ3) is 3.31. The number of hydrogen-bond acceptors (Lipinski definition) is 2. The molecule has 6 heteroatoms. The Morgan fingerprint density at radius 1 is 1.24 bits per heavy atom. The highest BCUT2D eigenvalue weighted by atomic mass is 35.5. The van der Waals surface area contributed by atoms with Crippen molar-refractivity contribution in [1.82, 2.24) is 4.90 Å². The molecule has 2 rings (SSSR count). The van der Waals surface area contributed by atoms with Gasteiger partial charge in [0.2, 0.25) is 0 Å². The number of rotatable bonds is 3. The van der Waals surface area contributed by atoms with Gasteiger partial charge in [0.05, 0.1) is 5.56 Å². The molecular weight excluding hydrogens is 298 g/mol. The highest BCUT2D eigenvalue weighted by Crippen LogP contribution is 2.21. The van der Waals surface area contributed by atoms with Crippen LogP contribution in [0.2, 0.25) is 5.02 Å². The van der Waals surface area contributed by atoms with Gasteiger partial charge in [-0.05, 0) is 30.3 Å². The first-order valence-corrected chi connectivity index (χ1v) is 6.51. The van der Waals surface area contributed by atoms with E-state index in [1.54, 1.807) is 0 Å². The number of carbonyl (C=O) groups excluding carboxylic acids is 1. The van der Waals surface area contributed by atoms with Gasteiger partial charge in [0.15, 0.2) is 0 Å². The molecule has 2 aromatic rings. The molecule has 0 fully saturated rings. The van der Waals surface area contributed by atoms with E-state index in [4.69, 9.17) is 17.3 Å². The van der Waals surface area contributed by atoms with Gasteiger partial charge >= 0.3 is 0 Å². The van der Waals surface area contributed by atoms with Gasteiger partial charge in [-0.15, -0.1) is 0 Å². The summed E-state index contributed by atoms with van der Waals surface area (Å²) in [4.78, 5) is 13.4. The fraction of sp³-hybridized carbons (Fsp3) is 0.133. The maximum atomic E-state index is 13.7. The van der Waals surface area contributed by atoms with Crippen LogP contribution in [0.25, 0.3) is 0 Å². The van der Waals surface area contributed by atoms with Crippen LogP contribution < -0.4 is 5.73 Å². The Balaban J connectivity index is 2.24. The van der Waals surface area contributed by atoms with Crippen molar-refractivity contribution in [1.29, 1.82) is 0 Å². The predicted octanol–water partition coefficient (Wildman–Crippen LogP) is 3.47. The summed E-state index contributed by atoms with van der Waals surface area (Å²) in [5, 5.41) is 0.215. The number of nitrogen functional groups attached to an aromatic ring is 1. The van der Waals surface area contributed by atoms with Gasteiger partial charge in [-0.2, -0.15) is 0 Å². The molecule has 0 unspecified atom stereocenters. The summed E-state index contributed by atoms with van der Waals surface area (Å²) in [6.07, 6.45) is 0. The Hall–Kier alpha value is -2.14. The first kappa shape index (κ1) is 15.3. The third-order valence-corrected chi connectivity index (χ3v) is 3.38. The van der Waals surface area contributed by atoms with Crippen LogP contribution in [-0.2, 0) is 6.54 Å². The van der Waals surface area contributed by atoms with Crippen LogP contribution in [0.4, 0.5) is 14.5 Å². The average molecular weight is 311 g/mol. The van der Waals surface area contributed by atoms with Crippen LogP contribution in [0.3, 0.4) is 0 Å². The quantitative estimate of drug-likeness (QED) is 0.882. The van der Waals surface area contributed by atoms with Crippen LogP contribution in [0, 0.1) is 11.6 Å². The number of nitrogens with two attached hydrogens (primary N) is 1. The van der Waals surface area contributed by atoms with Crippen molar-refractivity contribution in [2.45, 2.75) is 6.54 Å². The van der Waals surface area contributed by atoms with Crippen LogP contribution in [0.5, 0.6) is 0 Å². The number of benzene rings is 2. The van der Waals surface area contributed by atoms with E-state index < -0.39 is 17.5 Å². The van der Waals surface area contributed by atoms with Gasteiger partial charge in [0.1, 0.15) is 11.6 Å². The molecular formula is C15H13ClF2N2O. The predicted molar refractivity (Wildman–Crippen MR) is 78.0 cm³/mol. The molecule has 0 saturated carbocycles. The van der Waals surface area contributed by atoms with E-state index in [1.165, 1.54) is 42.3 Å². The smallest absolute Gasteiger partial charge is 0.256 e. The fourth-order valence-electron chi connectivity index (χ4n) is 1.90. The highest BCUT2D eigenvalue weighted by Gasteiger charge is 2.18. The van der Waals surface area contributed by atoms with Crippen molar-refractivity contribution in [3.63, 3.8) is 0 Å². The molecule has 1 amide bonds. The van der Waals surface area contributed by atoms with Crippen LogP contribution in [0.1, 0.15) is 15.9 Å². The van der Waals surface area contributed by atoms with Crippen molar-refractivity contribution in [3.8, 4) is 0 Å². The summed E-state index contributed by atoms with van der Waals surface area (Å²) in [5.74, 6) is -1.81. The number of carbonyl (C=O) groups is 1. The molecule has 0 aliphatic rings. The van der Waals surface area contributed by atoms with Gasteiger partial charge in [0.25, 0.3) is 5.91 Å². The van der Waals surface area contributed by atoms with Gasteiger partial charge in [-0.3, -0.25) is 4.79 Å². The molecule has 2 aromatic carbocycles. The summed E-state index contributed by atoms with van der Waals surface area (Å²) >= 11 is 5.91. The molecule has 2 N–H and O–H groups in total. The van der Waals surface area contributed by atoms with Crippen molar-refractivity contribution in [3.05, 3.63) is 64.2 Å². The largest absolute Gasteiger partial charge is 0.399 e. The second-order valence-electron chi connectivity index (χ2n) is 4.60. The molecule has 0 saturated heterocycles. The number of halogens is 3. The molecule has 0 spiro atoms. The average Bonchev–Trinajstić information content (AvgIpc) is 2.42. The minimum atomic E-state index is -0.716. The summed E-state index contributed by atoms with van der Waals surface area (Å²) in [6.45, 7) is -0.0614. The van der Waals surface area contributed by atoms with E-state index in [0.717, 1.165) is 6.07 Å². The summed E-state index contributed by atoms with van der Waals surface area (Å²) in [6, 6.07) is 8.05.